The molecule has 4 nitrogen and oxygen atoms in total. The van der Waals surface area contributed by atoms with Crippen LogP contribution in [0.5, 0.6) is 0 Å². The second-order valence-electron chi connectivity index (χ2n) is 0.924. The summed E-state index contributed by atoms with van der Waals surface area (Å²) in [5.41, 5.74) is 0. The normalized spacial score (nSPS) is 6.12. The molecule has 44 valence electrons. The molecule has 0 atom stereocenters. The van der Waals surface area contributed by atoms with Gasteiger partial charge in [0.2, 0.25) is 0 Å². The first-order valence-corrected chi connectivity index (χ1v) is 1.63. The molecule has 0 amide bonds. The van der Waals surface area contributed by atoms with Crippen molar-refractivity contribution in [1.82, 2.24) is 5.32 Å². The molecular weight excluding hydrogens is 121 g/mol. The molecule has 0 saturated carbocycles. The van der Waals surface area contributed by atoms with E-state index in [1.807, 2.05) is 0 Å². The van der Waals surface area contributed by atoms with Crippen molar-refractivity contribution in [2.24, 2.45) is 0 Å². The Morgan fingerprint density at radius 3 is 2.12 bits per heavy atom. The number of nitrogens with one attached hydrogen (secondary N) is 1. The number of carboxylic acids is 1. The minimum Gasteiger partial charge on any atom is -0.870 e. The molecule has 0 radical (unpaired) electrons. The van der Waals surface area contributed by atoms with Crippen LogP contribution in [-0.4, -0.2) is 30.1 Å². The average molecular weight is 129 g/mol. The summed E-state index contributed by atoms with van der Waals surface area (Å²) in [6, 6.07) is 0. The molecule has 5 heteroatoms. The molecule has 0 saturated heterocycles. The standard InChI is InChI=1S/C3H7NO2.Na.H2O/c1-4-2-3(5)6;;/h4H,2H2,1H3,(H,5,6);;1H2/q;+1;/p-1. The fraction of sp³-hybridized carbons (Fsp3) is 0.667. The van der Waals surface area contributed by atoms with E-state index >= 15 is 0 Å². The minimum atomic E-state index is -0.822. The molecule has 3 N–H and O–H groups in total. The third-order valence-corrected chi connectivity index (χ3v) is 0.328. The SMILES string of the molecule is CNCC(=O)O.[Na+].[OH-]. The summed E-state index contributed by atoms with van der Waals surface area (Å²) >= 11 is 0. The van der Waals surface area contributed by atoms with Gasteiger partial charge in [-0.2, -0.15) is 0 Å². The molecular formula is C3H8NNaO3. The van der Waals surface area contributed by atoms with Gasteiger partial charge in [-0.3, -0.25) is 4.79 Å². The molecule has 0 aliphatic rings. The topological polar surface area (TPSA) is 79.3 Å². The maximum absolute atomic E-state index is 9.54. The third kappa shape index (κ3) is 16.2. The van der Waals surface area contributed by atoms with E-state index < -0.39 is 5.97 Å². The smallest absolute Gasteiger partial charge is 0.870 e. The van der Waals surface area contributed by atoms with Crippen LogP contribution in [0.3, 0.4) is 0 Å². The van der Waals surface area contributed by atoms with E-state index in [1.54, 1.807) is 7.05 Å². The van der Waals surface area contributed by atoms with Gasteiger partial charge in [-0.05, 0) is 7.05 Å². The Balaban J connectivity index is -0.000000125. The van der Waals surface area contributed by atoms with Gasteiger partial charge in [-0.15, -0.1) is 0 Å². The van der Waals surface area contributed by atoms with E-state index in [0.29, 0.717) is 0 Å². The van der Waals surface area contributed by atoms with Crippen LogP contribution < -0.4 is 34.9 Å². The molecule has 0 aromatic heterocycles. The van der Waals surface area contributed by atoms with Gasteiger partial charge in [0.15, 0.2) is 0 Å². The van der Waals surface area contributed by atoms with Crippen molar-refractivity contribution in [2.75, 3.05) is 13.6 Å². The molecule has 0 unspecified atom stereocenters. The molecule has 0 fully saturated rings. The number of carboxylic acid groups (broad SMARTS) is 1. The maximum atomic E-state index is 9.54. The Morgan fingerprint density at radius 2 is 2.12 bits per heavy atom. The van der Waals surface area contributed by atoms with E-state index in [-0.39, 0.29) is 41.6 Å². The molecule has 0 aliphatic heterocycles. The number of aliphatic carboxylic acids is 1. The summed E-state index contributed by atoms with van der Waals surface area (Å²) in [5, 5.41) is 10.3. The van der Waals surface area contributed by atoms with Gasteiger partial charge >= 0.3 is 35.5 Å². The van der Waals surface area contributed by atoms with Gasteiger partial charge in [0.1, 0.15) is 0 Å². The van der Waals surface area contributed by atoms with E-state index in [1.165, 1.54) is 0 Å². The zero-order valence-corrected chi connectivity index (χ0v) is 7.01. The second-order valence-corrected chi connectivity index (χ2v) is 0.924. The number of rotatable bonds is 2. The van der Waals surface area contributed by atoms with Gasteiger partial charge in [0.25, 0.3) is 0 Å². The van der Waals surface area contributed by atoms with Crippen LogP contribution in [-0.2, 0) is 4.79 Å². The van der Waals surface area contributed by atoms with Gasteiger partial charge < -0.3 is 15.9 Å². The van der Waals surface area contributed by atoms with Crippen LogP contribution >= 0.6 is 0 Å². The fourth-order valence-electron chi connectivity index (χ4n) is 0.151. The Hall–Kier alpha value is 0.390. The summed E-state index contributed by atoms with van der Waals surface area (Å²) in [6.45, 7) is 0.0417. The van der Waals surface area contributed by atoms with E-state index in [0.717, 1.165) is 0 Å². The number of hydrogen-bond donors (Lipinski definition) is 2. The van der Waals surface area contributed by atoms with Crippen molar-refractivity contribution < 1.29 is 44.9 Å². The van der Waals surface area contributed by atoms with Crippen molar-refractivity contribution in [3.63, 3.8) is 0 Å². The fourth-order valence-corrected chi connectivity index (χ4v) is 0.151. The van der Waals surface area contributed by atoms with Crippen molar-refractivity contribution >= 4 is 5.97 Å². The van der Waals surface area contributed by atoms with E-state index in [2.05, 4.69) is 5.32 Å². The maximum Gasteiger partial charge on any atom is 1.00 e. The molecule has 0 aromatic rings. The van der Waals surface area contributed by atoms with Gasteiger partial charge in [-0.1, -0.05) is 0 Å². The Kier molecular flexibility index (Phi) is 20.5. The number of hydrogen-bond acceptors (Lipinski definition) is 3. The quantitative estimate of drug-likeness (QED) is 0.374. The van der Waals surface area contributed by atoms with E-state index in [4.69, 9.17) is 5.11 Å². The number of likely N-dealkylation sites (N-methyl/N-ethyl adjacent to an activating group) is 1. The van der Waals surface area contributed by atoms with Crippen molar-refractivity contribution in [2.45, 2.75) is 0 Å². The van der Waals surface area contributed by atoms with Gasteiger partial charge in [-0.25, -0.2) is 0 Å². The zero-order chi connectivity index (χ0) is 4.99. The van der Waals surface area contributed by atoms with Crippen LogP contribution in [0.4, 0.5) is 0 Å². The molecule has 0 aromatic carbocycles. The summed E-state index contributed by atoms with van der Waals surface area (Å²) in [4.78, 5) is 9.54. The summed E-state index contributed by atoms with van der Waals surface area (Å²) in [7, 11) is 1.59. The van der Waals surface area contributed by atoms with Crippen LogP contribution in [0.2, 0.25) is 0 Å². The number of carbonyl (C=O) groups is 1. The molecule has 8 heavy (non-hydrogen) atoms. The van der Waals surface area contributed by atoms with E-state index in [9.17, 15) is 4.79 Å². The minimum absolute atomic E-state index is 0. The molecule has 0 rings (SSSR count). The van der Waals surface area contributed by atoms with Crippen molar-refractivity contribution in [1.29, 1.82) is 0 Å². The summed E-state index contributed by atoms with van der Waals surface area (Å²) in [5.74, 6) is -0.822. The molecule has 0 spiro atoms. The predicted molar refractivity (Wildman–Crippen MR) is 23.5 cm³/mol. The van der Waals surface area contributed by atoms with Crippen LogP contribution in [0.25, 0.3) is 0 Å². The first-order valence-electron chi connectivity index (χ1n) is 1.63. The second kappa shape index (κ2) is 10.4. The van der Waals surface area contributed by atoms with Crippen LogP contribution in [0, 0.1) is 0 Å². The van der Waals surface area contributed by atoms with Gasteiger partial charge in [0, 0.05) is 0 Å². The molecule has 0 bridgehead atoms. The zero-order valence-electron chi connectivity index (χ0n) is 5.01. The van der Waals surface area contributed by atoms with Crippen LogP contribution in [0.15, 0.2) is 0 Å². The van der Waals surface area contributed by atoms with Crippen molar-refractivity contribution in [3.8, 4) is 0 Å². The van der Waals surface area contributed by atoms with Crippen molar-refractivity contribution in [3.05, 3.63) is 0 Å². The average Bonchev–Trinajstić information content (AvgIpc) is 1.35. The first-order chi connectivity index (χ1) is 2.77. The summed E-state index contributed by atoms with van der Waals surface area (Å²) in [6.07, 6.45) is 0. The Labute approximate surface area is 69.9 Å². The third-order valence-electron chi connectivity index (χ3n) is 0.328. The van der Waals surface area contributed by atoms with Crippen LogP contribution in [0.1, 0.15) is 0 Å². The predicted octanol–water partition coefficient (Wildman–Crippen LogP) is -3.88. The molecule has 0 aliphatic carbocycles. The monoisotopic (exact) mass is 129 g/mol. The van der Waals surface area contributed by atoms with Gasteiger partial charge in [0.05, 0.1) is 6.54 Å². The first kappa shape index (κ1) is 15.8. The Bertz CT molecular complexity index is 58.5. The molecule has 0 heterocycles. The Morgan fingerprint density at radius 1 is 1.75 bits per heavy atom. The summed E-state index contributed by atoms with van der Waals surface area (Å²) < 4.78 is 0. The largest absolute Gasteiger partial charge is 1.00 e.